The van der Waals surface area contributed by atoms with Crippen LogP contribution >= 0.6 is 23.1 Å². The number of aryl methyl sites for hydroxylation is 2. The van der Waals surface area contributed by atoms with Crippen LogP contribution in [0.4, 0.5) is 0 Å². The van der Waals surface area contributed by atoms with Gasteiger partial charge in [0.2, 0.25) is 0 Å². The molecule has 0 fully saturated rings. The molecule has 2 heterocycles. The molecule has 0 saturated carbocycles. The van der Waals surface area contributed by atoms with Crippen molar-refractivity contribution in [2.75, 3.05) is 0 Å². The summed E-state index contributed by atoms with van der Waals surface area (Å²) in [5.41, 5.74) is 2.11. The molecule has 0 N–H and O–H groups in total. The summed E-state index contributed by atoms with van der Waals surface area (Å²) >= 11 is 3.13. The molecule has 0 unspecified atom stereocenters. The molecule has 0 saturated heterocycles. The lowest BCUT2D eigenvalue weighted by Crippen LogP contribution is -1.84. The Kier molecular flexibility index (Phi) is 3.79. The molecule has 0 atom stereocenters. The number of benzene rings is 1. The van der Waals surface area contributed by atoms with Crippen LogP contribution in [0.3, 0.4) is 0 Å². The lowest BCUT2D eigenvalue weighted by Gasteiger charge is -1.95. The van der Waals surface area contributed by atoms with Gasteiger partial charge in [0.1, 0.15) is 5.01 Å². The first-order chi connectivity index (χ1) is 9.70. The highest BCUT2D eigenvalue weighted by Gasteiger charge is 2.10. The molecule has 0 bridgehead atoms. The average molecular weight is 304 g/mol. The van der Waals surface area contributed by atoms with Crippen LogP contribution in [0, 0.1) is 13.8 Å². The van der Waals surface area contributed by atoms with Crippen LogP contribution in [0.2, 0.25) is 0 Å². The number of nitrogens with zero attached hydrogens (tertiary/aromatic N) is 4. The van der Waals surface area contributed by atoms with Gasteiger partial charge in [-0.15, -0.1) is 10.2 Å². The smallest absolute Gasteiger partial charge is 0.257 e. The van der Waals surface area contributed by atoms with Crippen LogP contribution in [0.1, 0.15) is 16.4 Å². The Hall–Kier alpha value is -1.73. The molecule has 3 aromatic rings. The molecule has 2 aromatic heterocycles. The highest BCUT2D eigenvalue weighted by Crippen LogP contribution is 2.26. The second-order valence-electron chi connectivity index (χ2n) is 4.26. The third kappa shape index (κ3) is 3.05. The van der Waals surface area contributed by atoms with E-state index in [-0.39, 0.29) is 0 Å². The number of aromatic nitrogens is 4. The quantitative estimate of drug-likeness (QED) is 0.687. The van der Waals surface area contributed by atoms with Crippen molar-refractivity contribution in [3.05, 3.63) is 40.7 Å². The van der Waals surface area contributed by atoms with Gasteiger partial charge in [-0.1, -0.05) is 46.0 Å². The molecule has 0 spiro atoms. The molecular weight excluding hydrogens is 292 g/mol. The number of hydrogen-bond donors (Lipinski definition) is 0. The van der Waals surface area contributed by atoms with E-state index in [9.17, 15) is 0 Å². The predicted octanol–water partition coefficient (Wildman–Crippen LogP) is 3.50. The molecular formula is C13H12N4OS2. The van der Waals surface area contributed by atoms with E-state index in [1.807, 2.05) is 38.1 Å². The van der Waals surface area contributed by atoms with Crippen LogP contribution in [0.5, 0.6) is 0 Å². The van der Waals surface area contributed by atoms with Gasteiger partial charge in [0.25, 0.3) is 5.89 Å². The fourth-order valence-electron chi connectivity index (χ4n) is 1.67. The highest BCUT2D eigenvalue weighted by atomic mass is 32.2. The minimum Gasteiger partial charge on any atom is -0.334 e. The van der Waals surface area contributed by atoms with Gasteiger partial charge in [-0.05, 0) is 26.0 Å². The first-order valence-corrected chi connectivity index (χ1v) is 7.83. The third-order valence-electron chi connectivity index (χ3n) is 2.57. The first-order valence-electron chi connectivity index (χ1n) is 6.03. The molecule has 1 aromatic carbocycles. The van der Waals surface area contributed by atoms with E-state index in [2.05, 4.69) is 20.3 Å². The monoisotopic (exact) mass is 304 g/mol. The minimum absolute atomic E-state index is 0.553. The SMILES string of the molecule is Cc1cccc(-c2nc(CSc3nnc(C)s3)no2)c1. The second-order valence-corrected chi connectivity index (χ2v) is 6.67. The Morgan fingerprint density at radius 1 is 1.25 bits per heavy atom. The van der Waals surface area contributed by atoms with Crippen molar-refractivity contribution in [1.29, 1.82) is 0 Å². The van der Waals surface area contributed by atoms with E-state index in [1.165, 1.54) is 5.56 Å². The Morgan fingerprint density at radius 3 is 2.90 bits per heavy atom. The van der Waals surface area contributed by atoms with Crippen molar-refractivity contribution in [3.63, 3.8) is 0 Å². The van der Waals surface area contributed by atoms with Crippen LogP contribution in [0.15, 0.2) is 33.1 Å². The number of thioether (sulfide) groups is 1. The minimum atomic E-state index is 0.553. The van der Waals surface area contributed by atoms with E-state index in [1.54, 1.807) is 23.1 Å². The van der Waals surface area contributed by atoms with Crippen molar-refractivity contribution in [1.82, 2.24) is 20.3 Å². The maximum atomic E-state index is 5.29. The van der Waals surface area contributed by atoms with E-state index >= 15 is 0 Å². The Labute approximate surface area is 124 Å². The largest absolute Gasteiger partial charge is 0.334 e. The van der Waals surface area contributed by atoms with Crippen molar-refractivity contribution in [2.45, 2.75) is 23.9 Å². The van der Waals surface area contributed by atoms with Crippen LogP contribution < -0.4 is 0 Å². The van der Waals surface area contributed by atoms with E-state index < -0.39 is 0 Å². The zero-order valence-corrected chi connectivity index (χ0v) is 12.7. The molecule has 0 aliphatic heterocycles. The summed E-state index contributed by atoms with van der Waals surface area (Å²) < 4.78 is 6.21. The van der Waals surface area contributed by atoms with Gasteiger partial charge in [0.15, 0.2) is 10.2 Å². The van der Waals surface area contributed by atoms with Gasteiger partial charge in [0, 0.05) is 5.56 Å². The van der Waals surface area contributed by atoms with Crippen molar-refractivity contribution in [3.8, 4) is 11.5 Å². The molecule has 7 heteroatoms. The van der Waals surface area contributed by atoms with Crippen molar-refractivity contribution >= 4 is 23.1 Å². The van der Waals surface area contributed by atoms with Gasteiger partial charge in [-0.2, -0.15) is 4.98 Å². The summed E-state index contributed by atoms with van der Waals surface area (Å²) in [6.45, 7) is 3.97. The summed E-state index contributed by atoms with van der Waals surface area (Å²) in [7, 11) is 0. The van der Waals surface area contributed by atoms with Crippen LogP contribution in [0.25, 0.3) is 11.5 Å². The number of hydrogen-bond acceptors (Lipinski definition) is 7. The lowest BCUT2D eigenvalue weighted by molar-refractivity contribution is 0.425. The Morgan fingerprint density at radius 2 is 2.15 bits per heavy atom. The zero-order chi connectivity index (χ0) is 13.9. The molecule has 3 rings (SSSR count). The van der Waals surface area contributed by atoms with Crippen LogP contribution in [-0.2, 0) is 5.75 Å². The van der Waals surface area contributed by atoms with Crippen molar-refractivity contribution in [2.24, 2.45) is 0 Å². The maximum Gasteiger partial charge on any atom is 0.257 e. The Balaban J connectivity index is 1.70. The van der Waals surface area contributed by atoms with Crippen LogP contribution in [-0.4, -0.2) is 20.3 Å². The van der Waals surface area contributed by atoms with E-state index in [0.717, 1.165) is 14.9 Å². The van der Waals surface area contributed by atoms with E-state index in [0.29, 0.717) is 17.5 Å². The molecule has 5 nitrogen and oxygen atoms in total. The van der Waals surface area contributed by atoms with Gasteiger partial charge < -0.3 is 4.52 Å². The van der Waals surface area contributed by atoms with Gasteiger partial charge in [-0.25, -0.2) is 0 Å². The third-order valence-corrected chi connectivity index (χ3v) is 4.53. The summed E-state index contributed by atoms with van der Waals surface area (Å²) in [5, 5.41) is 13.0. The average Bonchev–Trinajstić information content (AvgIpc) is 3.05. The summed E-state index contributed by atoms with van der Waals surface area (Å²) in [6.07, 6.45) is 0. The van der Waals surface area contributed by atoms with Gasteiger partial charge in [-0.3, -0.25) is 0 Å². The summed E-state index contributed by atoms with van der Waals surface area (Å²) in [5.74, 6) is 1.85. The maximum absolute atomic E-state index is 5.29. The second kappa shape index (κ2) is 5.72. The lowest BCUT2D eigenvalue weighted by atomic mass is 10.1. The standard InChI is InChI=1S/C13H12N4OS2/c1-8-4-3-5-10(6-8)12-14-11(17-18-12)7-19-13-16-15-9(2)20-13/h3-6H,7H2,1-2H3. The molecule has 0 aliphatic rings. The molecule has 0 amide bonds. The van der Waals surface area contributed by atoms with E-state index in [4.69, 9.17) is 4.52 Å². The molecule has 0 radical (unpaired) electrons. The highest BCUT2D eigenvalue weighted by molar-refractivity contribution is 8.00. The van der Waals surface area contributed by atoms with Gasteiger partial charge >= 0.3 is 0 Å². The summed E-state index contributed by atoms with van der Waals surface area (Å²) in [4.78, 5) is 4.40. The van der Waals surface area contributed by atoms with Gasteiger partial charge in [0.05, 0.1) is 5.75 Å². The van der Waals surface area contributed by atoms with Crippen molar-refractivity contribution < 1.29 is 4.52 Å². The zero-order valence-electron chi connectivity index (χ0n) is 11.0. The molecule has 20 heavy (non-hydrogen) atoms. The molecule has 0 aliphatic carbocycles. The fourth-order valence-corrected chi connectivity index (χ4v) is 3.33. The Bertz CT molecular complexity index is 722. The topological polar surface area (TPSA) is 64.7 Å². The predicted molar refractivity (Wildman–Crippen MR) is 78.7 cm³/mol. The normalized spacial score (nSPS) is 10.9. The summed E-state index contributed by atoms with van der Waals surface area (Å²) in [6, 6.07) is 8.01. The first kappa shape index (κ1) is 13.3. The fraction of sp³-hybridized carbons (Fsp3) is 0.231. The molecule has 102 valence electrons. The number of rotatable bonds is 4.